The minimum absolute atomic E-state index is 0. The van der Waals surface area contributed by atoms with Crippen molar-refractivity contribution in [1.29, 1.82) is 0 Å². The van der Waals surface area contributed by atoms with Crippen molar-refractivity contribution in [3.63, 3.8) is 0 Å². The molecule has 0 radical (unpaired) electrons. The molecule has 2 aromatic carbocycles. The van der Waals surface area contributed by atoms with Crippen molar-refractivity contribution in [1.82, 2.24) is 0 Å². The summed E-state index contributed by atoms with van der Waals surface area (Å²) in [4.78, 5) is 12.1. The van der Waals surface area contributed by atoms with Crippen LogP contribution in [0.1, 0.15) is 28.7 Å². The van der Waals surface area contributed by atoms with E-state index in [2.05, 4.69) is 18.3 Å². The molecule has 0 saturated carbocycles. The predicted molar refractivity (Wildman–Crippen MR) is 102 cm³/mol. The van der Waals surface area contributed by atoms with Crippen LogP contribution in [0.2, 0.25) is 0 Å². The van der Waals surface area contributed by atoms with Crippen LogP contribution in [0.4, 0.5) is 11.4 Å². The molecule has 0 saturated heterocycles. The zero-order valence-electron chi connectivity index (χ0n) is 14.6. The molecule has 5 heteroatoms. The molecule has 130 valence electrons. The SMILES string of the molecule is Cc1cc(C)c(C)c(OCCC(=O)Nc2cc(N)ccc2C)c1.Cl. The molecule has 3 N–H and O–H groups in total. The highest BCUT2D eigenvalue weighted by Gasteiger charge is 2.08. The standard InChI is InChI=1S/C19H24N2O2.ClH/c1-12-9-14(3)15(4)18(10-12)23-8-7-19(22)21-17-11-16(20)6-5-13(17)2;/h5-6,9-11H,7-8,20H2,1-4H3,(H,21,22);1H. The number of anilines is 2. The largest absolute Gasteiger partial charge is 0.493 e. The Bertz CT molecular complexity index is 730. The number of halogens is 1. The van der Waals surface area contributed by atoms with Crippen molar-refractivity contribution in [2.45, 2.75) is 34.1 Å². The number of nitrogens with one attached hydrogen (secondary N) is 1. The Kier molecular flexibility index (Phi) is 7.11. The van der Waals surface area contributed by atoms with Crippen molar-refractivity contribution in [3.05, 3.63) is 52.6 Å². The van der Waals surface area contributed by atoms with Crippen molar-refractivity contribution in [2.24, 2.45) is 0 Å². The molecule has 0 aromatic heterocycles. The lowest BCUT2D eigenvalue weighted by atomic mass is 10.1. The van der Waals surface area contributed by atoms with Crippen LogP contribution < -0.4 is 15.8 Å². The second-order valence-corrected chi connectivity index (χ2v) is 5.93. The number of ether oxygens (including phenoxy) is 1. The fourth-order valence-corrected chi connectivity index (χ4v) is 2.39. The third-order valence-electron chi connectivity index (χ3n) is 3.89. The van der Waals surface area contributed by atoms with Crippen molar-refractivity contribution >= 4 is 29.7 Å². The first-order valence-corrected chi connectivity index (χ1v) is 7.73. The Hall–Kier alpha value is -2.20. The molecule has 0 aliphatic heterocycles. The Morgan fingerprint density at radius 3 is 2.50 bits per heavy atom. The number of nitrogen functional groups attached to an aromatic ring is 1. The number of carbonyl (C=O) groups excluding carboxylic acids is 1. The van der Waals surface area contributed by atoms with Gasteiger partial charge in [0.25, 0.3) is 0 Å². The number of hydrogen-bond donors (Lipinski definition) is 2. The van der Waals surface area contributed by atoms with E-state index in [0.29, 0.717) is 18.7 Å². The van der Waals surface area contributed by atoms with Crippen LogP contribution in [0.15, 0.2) is 30.3 Å². The monoisotopic (exact) mass is 348 g/mol. The van der Waals surface area contributed by atoms with Gasteiger partial charge in [-0.25, -0.2) is 0 Å². The van der Waals surface area contributed by atoms with E-state index in [9.17, 15) is 4.79 Å². The summed E-state index contributed by atoms with van der Waals surface area (Å²) >= 11 is 0. The van der Waals surface area contributed by atoms with Crippen LogP contribution in [0.3, 0.4) is 0 Å². The fraction of sp³-hybridized carbons (Fsp3) is 0.316. The van der Waals surface area contributed by atoms with Gasteiger partial charge in [-0.3, -0.25) is 4.79 Å². The first kappa shape index (κ1) is 19.8. The topological polar surface area (TPSA) is 64.3 Å². The Morgan fingerprint density at radius 2 is 1.79 bits per heavy atom. The predicted octanol–water partition coefficient (Wildman–Crippen LogP) is 4.33. The van der Waals surface area contributed by atoms with Crippen LogP contribution in [0.5, 0.6) is 5.75 Å². The lowest BCUT2D eigenvalue weighted by Gasteiger charge is -2.13. The van der Waals surface area contributed by atoms with Gasteiger partial charge < -0.3 is 15.8 Å². The Balaban J connectivity index is 0.00000288. The zero-order valence-corrected chi connectivity index (χ0v) is 15.4. The molecule has 4 nitrogen and oxygen atoms in total. The number of hydrogen-bond acceptors (Lipinski definition) is 3. The lowest BCUT2D eigenvalue weighted by molar-refractivity contribution is -0.116. The molecular weight excluding hydrogens is 324 g/mol. The van der Waals surface area contributed by atoms with Crippen LogP contribution in [-0.4, -0.2) is 12.5 Å². The molecule has 24 heavy (non-hydrogen) atoms. The van der Waals surface area contributed by atoms with E-state index in [1.165, 1.54) is 5.56 Å². The molecule has 0 bridgehead atoms. The van der Waals surface area contributed by atoms with Gasteiger partial charge in [-0.15, -0.1) is 12.4 Å². The molecule has 1 amide bonds. The van der Waals surface area contributed by atoms with E-state index in [-0.39, 0.29) is 18.3 Å². The quantitative estimate of drug-likeness (QED) is 0.790. The van der Waals surface area contributed by atoms with Crippen LogP contribution in [0.25, 0.3) is 0 Å². The van der Waals surface area contributed by atoms with E-state index in [1.54, 1.807) is 6.07 Å². The van der Waals surface area contributed by atoms with Crippen molar-refractivity contribution in [2.75, 3.05) is 17.7 Å². The lowest BCUT2D eigenvalue weighted by Crippen LogP contribution is -2.16. The number of aryl methyl sites for hydroxylation is 3. The fourth-order valence-electron chi connectivity index (χ4n) is 2.39. The smallest absolute Gasteiger partial charge is 0.227 e. The number of nitrogens with two attached hydrogens (primary N) is 1. The summed E-state index contributed by atoms with van der Waals surface area (Å²) in [6.07, 6.45) is 0.292. The summed E-state index contributed by atoms with van der Waals surface area (Å²) in [6.45, 7) is 8.40. The highest BCUT2D eigenvalue weighted by molar-refractivity contribution is 5.92. The van der Waals surface area contributed by atoms with Gasteiger partial charge in [0.1, 0.15) is 5.75 Å². The second-order valence-electron chi connectivity index (χ2n) is 5.93. The highest BCUT2D eigenvalue weighted by atomic mass is 35.5. The molecular formula is C19H25ClN2O2. The van der Waals surface area contributed by atoms with E-state index in [4.69, 9.17) is 10.5 Å². The van der Waals surface area contributed by atoms with Crippen LogP contribution >= 0.6 is 12.4 Å². The van der Waals surface area contributed by atoms with Gasteiger partial charge in [-0.2, -0.15) is 0 Å². The molecule has 2 aromatic rings. The molecule has 2 rings (SSSR count). The third kappa shape index (κ3) is 5.17. The van der Waals surface area contributed by atoms with E-state index in [1.807, 2.05) is 39.0 Å². The highest BCUT2D eigenvalue weighted by Crippen LogP contribution is 2.23. The first-order valence-electron chi connectivity index (χ1n) is 7.73. The average Bonchev–Trinajstić information content (AvgIpc) is 2.48. The summed E-state index contributed by atoms with van der Waals surface area (Å²) in [5, 5.41) is 2.88. The molecule has 0 aliphatic rings. The molecule has 0 fully saturated rings. The van der Waals surface area contributed by atoms with E-state index >= 15 is 0 Å². The molecule has 0 unspecified atom stereocenters. The molecule has 0 aliphatic carbocycles. The van der Waals surface area contributed by atoms with Gasteiger partial charge in [-0.05, 0) is 68.1 Å². The number of amides is 1. The van der Waals surface area contributed by atoms with E-state index in [0.717, 1.165) is 28.1 Å². The van der Waals surface area contributed by atoms with Gasteiger partial charge in [0.15, 0.2) is 0 Å². The summed E-state index contributed by atoms with van der Waals surface area (Å²) < 4.78 is 5.78. The van der Waals surface area contributed by atoms with Crippen molar-refractivity contribution < 1.29 is 9.53 Å². The summed E-state index contributed by atoms with van der Waals surface area (Å²) in [6, 6.07) is 9.60. The summed E-state index contributed by atoms with van der Waals surface area (Å²) in [5.74, 6) is 0.760. The van der Waals surface area contributed by atoms with Crippen LogP contribution in [0, 0.1) is 27.7 Å². The Labute approximate surface area is 149 Å². The van der Waals surface area contributed by atoms with Gasteiger partial charge in [0.05, 0.1) is 13.0 Å². The maximum atomic E-state index is 12.1. The maximum absolute atomic E-state index is 12.1. The van der Waals surface area contributed by atoms with Crippen molar-refractivity contribution in [3.8, 4) is 5.75 Å². The summed E-state index contributed by atoms with van der Waals surface area (Å²) in [7, 11) is 0. The van der Waals surface area contributed by atoms with Crippen LogP contribution in [-0.2, 0) is 4.79 Å². The van der Waals surface area contributed by atoms with Gasteiger partial charge in [0, 0.05) is 11.4 Å². The summed E-state index contributed by atoms with van der Waals surface area (Å²) in [5.41, 5.74) is 11.6. The molecule has 0 atom stereocenters. The average molecular weight is 349 g/mol. The minimum atomic E-state index is -0.0827. The molecule has 0 spiro atoms. The van der Waals surface area contributed by atoms with Gasteiger partial charge in [-0.1, -0.05) is 12.1 Å². The zero-order chi connectivity index (χ0) is 17.0. The second kappa shape index (κ2) is 8.60. The maximum Gasteiger partial charge on any atom is 0.227 e. The van der Waals surface area contributed by atoms with E-state index < -0.39 is 0 Å². The molecule has 0 heterocycles. The number of carbonyl (C=O) groups is 1. The Morgan fingerprint density at radius 1 is 1.08 bits per heavy atom. The normalized spacial score (nSPS) is 10.0. The number of benzene rings is 2. The number of rotatable bonds is 5. The van der Waals surface area contributed by atoms with Gasteiger partial charge in [0.2, 0.25) is 5.91 Å². The first-order chi connectivity index (χ1) is 10.9. The minimum Gasteiger partial charge on any atom is -0.493 e. The van der Waals surface area contributed by atoms with Gasteiger partial charge >= 0.3 is 0 Å². The third-order valence-corrected chi connectivity index (χ3v) is 3.89.